The van der Waals surface area contributed by atoms with Crippen LogP contribution in [-0.2, 0) is 24.2 Å². The number of carbonyl (C=O) groups excluding carboxylic acids is 1. The molecule has 1 aliphatic carbocycles. The van der Waals surface area contributed by atoms with Gasteiger partial charge in [0.15, 0.2) is 0 Å². The number of nitrogens with one attached hydrogen (secondary N) is 1. The first-order chi connectivity index (χ1) is 15.4. The van der Waals surface area contributed by atoms with Gasteiger partial charge in [-0.2, -0.15) is 0 Å². The SMILES string of the molecule is CC(C)(C)OC(=O)NC1Cc2ccccc2C1Cc1ccc(OCc2ccccc2)cc1. The van der Waals surface area contributed by atoms with E-state index >= 15 is 0 Å². The Morgan fingerprint density at radius 3 is 2.31 bits per heavy atom. The van der Waals surface area contributed by atoms with E-state index in [9.17, 15) is 4.79 Å². The molecule has 4 rings (SSSR count). The van der Waals surface area contributed by atoms with E-state index in [1.165, 1.54) is 16.7 Å². The minimum Gasteiger partial charge on any atom is -0.489 e. The Balaban J connectivity index is 1.43. The molecule has 0 spiro atoms. The number of hydrogen-bond donors (Lipinski definition) is 1. The van der Waals surface area contributed by atoms with Crippen LogP contribution in [0.1, 0.15) is 48.9 Å². The summed E-state index contributed by atoms with van der Waals surface area (Å²) < 4.78 is 11.4. The molecule has 0 bridgehead atoms. The van der Waals surface area contributed by atoms with E-state index in [-0.39, 0.29) is 18.1 Å². The fourth-order valence-electron chi connectivity index (χ4n) is 4.26. The minimum atomic E-state index is -0.513. The van der Waals surface area contributed by atoms with Gasteiger partial charge in [0.1, 0.15) is 18.0 Å². The van der Waals surface area contributed by atoms with Crippen molar-refractivity contribution in [1.29, 1.82) is 0 Å². The summed E-state index contributed by atoms with van der Waals surface area (Å²) in [6.45, 7) is 6.21. The fourth-order valence-corrected chi connectivity index (χ4v) is 4.26. The number of carbonyl (C=O) groups is 1. The first-order valence-electron chi connectivity index (χ1n) is 11.2. The zero-order valence-electron chi connectivity index (χ0n) is 19.0. The second kappa shape index (κ2) is 9.47. The van der Waals surface area contributed by atoms with E-state index in [2.05, 4.69) is 53.8 Å². The molecule has 2 atom stereocenters. The smallest absolute Gasteiger partial charge is 0.407 e. The van der Waals surface area contributed by atoms with E-state index in [4.69, 9.17) is 9.47 Å². The molecule has 32 heavy (non-hydrogen) atoms. The maximum absolute atomic E-state index is 12.4. The second-order valence-electron chi connectivity index (χ2n) is 9.38. The topological polar surface area (TPSA) is 47.6 Å². The van der Waals surface area contributed by atoms with Gasteiger partial charge in [0.25, 0.3) is 0 Å². The van der Waals surface area contributed by atoms with Gasteiger partial charge in [0, 0.05) is 12.0 Å². The van der Waals surface area contributed by atoms with Crippen molar-refractivity contribution in [1.82, 2.24) is 5.32 Å². The maximum Gasteiger partial charge on any atom is 0.407 e. The highest BCUT2D eigenvalue weighted by molar-refractivity contribution is 5.68. The number of hydrogen-bond acceptors (Lipinski definition) is 3. The van der Waals surface area contributed by atoms with Gasteiger partial charge in [-0.1, -0.05) is 66.7 Å². The van der Waals surface area contributed by atoms with Gasteiger partial charge in [0.05, 0.1) is 0 Å². The summed E-state index contributed by atoms with van der Waals surface area (Å²) in [5, 5.41) is 3.12. The molecule has 0 saturated carbocycles. The van der Waals surface area contributed by atoms with Crippen molar-refractivity contribution in [2.45, 2.75) is 57.8 Å². The van der Waals surface area contributed by atoms with E-state index in [0.29, 0.717) is 6.61 Å². The van der Waals surface area contributed by atoms with Crippen LogP contribution in [0.3, 0.4) is 0 Å². The van der Waals surface area contributed by atoms with Gasteiger partial charge in [0.2, 0.25) is 0 Å². The number of rotatable bonds is 6. The average molecular weight is 430 g/mol. The molecular weight excluding hydrogens is 398 g/mol. The molecule has 0 aromatic heterocycles. The van der Waals surface area contributed by atoms with Crippen LogP contribution in [0.5, 0.6) is 5.75 Å². The molecule has 3 aromatic rings. The molecule has 1 N–H and O–H groups in total. The number of benzene rings is 3. The molecule has 4 nitrogen and oxygen atoms in total. The van der Waals surface area contributed by atoms with Crippen molar-refractivity contribution in [3.63, 3.8) is 0 Å². The highest BCUT2D eigenvalue weighted by Gasteiger charge is 2.34. The van der Waals surface area contributed by atoms with Crippen LogP contribution in [0.25, 0.3) is 0 Å². The lowest BCUT2D eigenvalue weighted by Crippen LogP contribution is -2.41. The average Bonchev–Trinajstić information content (AvgIpc) is 3.09. The number of alkyl carbamates (subject to hydrolysis) is 1. The maximum atomic E-state index is 12.4. The highest BCUT2D eigenvalue weighted by atomic mass is 16.6. The summed E-state index contributed by atoms with van der Waals surface area (Å²) >= 11 is 0. The van der Waals surface area contributed by atoms with Crippen molar-refractivity contribution in [3.05, 3.63) is 101 Å². The standard InChI is InChI=1S/C28H31NO3/c1-28(2,3)32-27(30)29-26-18-22-11-7-8-12-24(22)25(26)17-20-13-15-23(16-14-20)31-19-21-9-5-4-6-10-21/h4-16,25-26H,17-19H2,1-3H3,(H,29,30). The molecule has 0 heterocycles. The van der Waals surface area contributed by atoms with Crippen LogP contribution < -0.4 is 10.1 Å². The largest absolute Gasteiger partial charge is 0.489 e. The van der Waals surface area contributed by atoms with Gasteiger partial charge in [-0.25, -0.2) is 4.79 Å². The second-order valence-corrected chi connectivity index (χ2v) is 9.38. The van der Waals surface area contributed by atoms with Crippen molar-refractivity contribution in [2.24, 2.45) is 0 Å². The van der Waals surface area contributed by atoms with E-state index in [0.717, 1.165) is 24.2 Å². The molecule has 1 aliphatic rings. The lowest BCUT2D eigenvalue weighted by atomic mass is 9.91. The third kappa shape index (κ3) is 5.70. The minimum absolute atomic E-state index is 0.0104. The monoisotopic (exact) mass is 429 g/mol. The van der Waals surface area contributed by atoms with Crippen LogP contribution in [0.15, 0.2) is 78.9 Å². The van der Waals surface area contributed by atoms with Crippen molar-refractivity contribution in [2.75, 3.05) is 0 Å². The number of fused-ring (bicyclic) bond motifs is 1. The molecule has 0 aliphatic heterocycles. The molecule has 166 valence electrons. The van der Waals surface area contributed by atoms with Crippen LogP contribution in [0.4, 0.5) is 4.79 Å². The first kappa shape index (κ1) is 21.9. The Labute approximate surface area is 190 Å². The van der Waals surface area contributed by atoms with Gasteiger partial charge >= 0.3 is 6.09 Å². The van der Waals surface area contributed by atoms with Crippen molar-refractivity contribution >= 4 is 6.09 Å². The number of amides is 1. The summed E-state index contributed by atoms with van der Waals surface area (Å²) in [5.41, 5.74) is 4.45. The molecule has 0 saturated heterocycles. The third-order valence-electron chi connectivity index (χ3n) is 5.71. The van der Waals surface area contributed by atoms with Gasteiger partial charge in [-0.15, -0.1) is 0 Å². The molecule has 4 heteroatoms. The Morgan fingerprint density at radius 1 is 0.906 bits per heavy atom. The summed E-state index contributed by atoms with van der Waals surface area (Å²) in [4.78, 5) is 12.4. The molecule has 1 amide bonds. The predicted molar refractivity (Wildman–Crippen MR) is 127 cm³/mol. The van der Waals surface area contributed by atoms with Crippen LogP contribution in [0.2, 0.25) is 0 Å². The summed E-state index contributed by atoms with van der Waals surface area (Å²) in [6.07, 6.45) is 1.30. The van der Waals surface area contributed by atoms with Gasteiger partial charge in [-0.05, 0) is 68.0 Å². The molecule has 0 radical (unpaired) electrons. The summed E-state index contributed by atoms with van der Waals surface area (Å²) in [5.74, 6) is 1.06. The molecule has 0 fully saturated rings. The third-order valence-corrected chi connectivity index (χ3v) is 5.71. The Hall–Kier alpha value is -3.27. The molecule has 3 aromatic carbocycles. The quantitative estimate of drug-likeness (QED) is 0.519. The Morgan fingerprint density at radius 2 is 1.59 bits per heavy atom. The van der Waals surface area contributed by atoms with Crippen LogP contribution in [0, 0.1) is 0 Å². The van der Waals surface area contributed by atoms with E-state index in [1.807, 2.05) is 51.1 Å². The van der Waals surface area contributed by atoms with Crippen molar-refractivity contribution < 1.29 is 14.3 Å². The summed E-state index contributed by atoms with van der Waals surface area (Å²) in [7, 11) is 0. The Bertz CT molecular complexity index is 1040. The summed E-state index contributed by atoms with van der Waals surface area (Å²) in [6, 6.07) is 26.9. The lowest BCUT2D eigenvalue weighted by Gasteiger charge is -2.25. The number of ether oxygens (including phenoxy) is 2. The zero-order chi connectivity index (χ0) is 22.6. The van der Waals surface area contributed by atoms with Gasteiger partial charge in [-0.3, -0.25) is 0 Å². The lowest BCUT2D eigenvalue weighted by molar-refractivity contribution is 0.0499. The Kier molecular flexibility index (Phi) is 6.50. The van der Waals surface area contributed by atoms with Crippen LogP contribution >= 0.6 is 0 Å². The highest BCUT2D eigenvalue weighted by Crippen LogP contribution is 2.36. The van der Waals surface area contributed by atoms with Crippen LogP contribution in [-0.4, -0.2) is 17.7 Å². The normalized spacial score (nSPS) is 17.5. The first-order valence-corrected chi connectivity index (χ1v) is 11.2. The molecule has 2 unspecified atom stereocenters. The fraction of sp³-hybridized carbons (Fsp3) is 0.321. The van der Waals surface area contributed by atoms with Crippen molar-refractivity contribution in [3.8, 4) is 5.75 Å². The molecular formula is C28H31NO3. The van der Waals surface area contributed by atoms with E-state index in [1.54, 1.807) is 0 Å². The zero-order valence-corrected chi connectivity index (χ0v) is 19.0. The van der Waals surface area contributed by atoms with Gasteiger partial charge < -0.3 is 14.8 Å². The predicted octanol–water partition coefficient (Wildman–Crippen LogP) is 6.04. The van der Waals surface area contributed by atoms with E-state index < -0.39 is 5.60 Å².